The highest BCUT2D eigenvalue weighted by atomic mass is 19.1. The molecule has 4 rings (SSSR count). The predicted molar refractivity (Wildman–Crippen MR) is 87.3 cm³/mol. The molecule has 1 saturated heterocycles. The molecule has 0 spiro atoms. The molecule has 2 aliphatic rings. The van der Waals surface area contributed by atoms with Crippen LogP contribution in [-0.4, -0.2) is 35.0 Å². The summed E-state index contributed by atoms with van der Waals surface area (Å²) in [5, 5.41) is 0. The summed E-state index contributed by atoms with van der Waals surface area (Å²) in [7, 11) is 0. The number of likely N-dealkylation sites (tertiary alicyclic amines) is 1. The number of pyridine rings is 1. The van der Waals surface area contributed by atoms with Crippen LogP contribution in [0, 0.1) is 5.82 Å². The molecule has 1 aromatic carbocycles. The quantitative estimate of drug-likeness (QED) is 0.871. The Morgan fingerprint density at radius 1 is 1.21 bits per heavy atom. The van der Waals surface area contributed by atoms with Crippen LogP contribution in [0.4, 0.5) is 4.39 Å². The van der Waals surface area contributed by atoms with Gasteiger partial charge in [0.25, 0.3) is 0 Å². The Hall–Kier alpha value is -2.43. The molecule has 2 unspecified atom stereocenters. The summed E-state index contributed by atoms with van der Waals surface area (Å²) in [6, 6.07) is 8.02. The standard InChI is InChI=1S/C19H19FN2O2/c20-14-2-4-15(5-3-14)24-16-8-10-22(12-16)19(23)17-6-1-13-7-9-21-11-18(13)17/h2-5,7,9,11,16-17H,1,6,8,10,12H2. The molecule has 24 heavy (non-hydrogen) atoms. The molecule has 1 fully saturated rings. The molecule has 0 radical (unpaired) electrons. The zero-order valence-corrected chi connectivity index (χ0v) is 13.3. The van der Waals surface area contributed by atoms with Gasteiger partial charge in [-0.15, -0.1) is 0 Å². The zero-order chi connectivity index (χ0) is 16.5. The lowest BCUT2D eigenvalue weighted by Gasteiger charge is -2.21. The first kappa shape index (κ1) is 15.1. The van der Waals surface area contributed by atoms with Gasteiger partial charge in [0.15, 0.2) is 0 Å². The van der Waals surface area contributed by atoms with Crippen molar-refractivity contribution in [2.75, 3.05) is 13.1 Å². The normalized spacial score (nSPS) is 22.5. The minimum absolute atomic E-state index is 0.0332. The Kier molecular flexibility index (Phi) is 3.92. The summed E-state index contributed by atoms with van der Waals surface area (Å²) >= 11 is 0. The van der Waals surface area contributed by atoms with Crippen LogP contribution in [-0.2, 0) is 11.2 Å². The van der Waals surface area contributed by atoms with E-state index in [-0.39, 0.29) is 23.7 Å². The molecule has 2 heterocycles. The first-order valence-electron chi connectivity index (χ1n) is 8.34. The van der Waals surface area contributed by atoms with E-state index in [2.05, 4.69) is 4.98 Å². The molecule has 4 nitrogen and oxygen atoms in total. The number of aromatic nitrogens is 1. The van der Waals surface area contributed by atoms with Crippen molar-refractivity contribution in [2.24, 2.45) is 0 Å². The van der Waals surface area contributed by atoms with Crippen molar-refractivity contribution in [1.29, 1.82) is 0 Å². The van der Waals surface area contributed by atoms with Gasteiger partial charge in [-0.1, -0.05) is 0 Å². The highest BCUT2D eigenvalue weighted by molar-refractivity contribution is 5.85. The van der Waals surface area contributed by atoms with E-state index < -0.39 is 0 Å². The molecule has 5 heteroatoms. The van der Waals surface area contributed by atoms with Crippen LogP contribution in [0.2, 0.25) is 0 Å². The van der Waals surface area contributed by atoms with E-state index in [0.29, 0.717) is 18.8 Å². The number of nitrogens with zero attached hydrogens (tertiary/aromatic N) is 2. The molecule has 1 aliphatic carbocycles. The first-order chi connectivity index (χ1) is 11.7. The first-order valence-corrected chi connectivity index (χ1v) is 8.34. The van der Waals surface area contributed by atoms with Gasteiger partial charge in [-0.3, -0.25) is 9.78 Å². The Labute approximate surface area is 140 Å². The summed E-state index contributed by atoms with van der Waals surface area (Å²) in [4.78, 5) is 18.9. The molecule has 1 amide bonds. The lowest BCUT2D eigenvalue weighted by molar-refractivity contribution is -0.132. The van der Waals surface area contributed by atoms with Gasteiger partial charge in [0.05, 0.1) is 12.5 Å². The predicted octanol–water partition coefficient (Wildman–Crippen LogP) is 2.93. The van der Waals surface area contributed by atoms with Gasteiger partial charge in [-0.05, 0) is 54.3 Å². The number of rotatable bonds is 3. The fourth-order valence-electron chi connectivity index (χ4n) is 3.64. The van der Waals surface area contributed by atoms with Crippen molar-refractivity contribution in [3.63, 3.8) is 0 Å². The maximum absolute atomic E-state index is 12.9. The fourth-order valence-corrected chi connectivity index (χ4v) is 3.64. The van der Waals surface area contributed by atoms with Crippen molar-refractivity contribution in [2.45, 2.75) is 31.3 Å². The maximum Gasteiger partial charge on any atom is 0.230 e. The second kappa shape index (κ2) is 6.23. The zero-order valence-electron chi connectivity index (χ0n) is 13.3. The van der Waals surface area contributed by atoms with Crippen molar-refractivity contribution in [3.05, 3.63) is 59.7 Å². The summed E-state index contributed by atoms with van der Waals surface area (Å²) in [5.74, 6) is 0.468. The minimum atomic E-state index is -0.279. The number of fused-ring (bicyclic) bond motifs is 1. The van der Waals surface area contributed by atoms with Gasteiger partial charge in [0, 0.05) is 25.4 Å². The van der Waals surface area contributed by atoms with Gasteiger partial charge >= 0.3 is 0 Å². The molecule has 2 atom stereocenters. The van der Waals surface area contributed by atoms with Crippen molar-refractivity contribution >= 4 is 5.91 Å². The second-order valence-electron chi connectivity index (χ2n) is 6.43. The fraction of sp³-hybridized carbons (Fsp3) is 0.368. The third-order valence-electron chi connectivity index (χ3n) is 4.90. The molecular weight excluding hydrogens is 307 g/mol. The van der Waals surface area contributed by atoms with Crippen LogP contribution in [0.15, 0.2) is 42.7 Å². The SMILES string of the molecule is O=C(C1CCc2ccncc21)N1CCC(Oc2ccc(F)cc2)C1. The largest absolute Gasteiger partial charge is 0.489 e. The summed E-state index contributed by atoms with van der Waals surface area (Å²) < 4.78 is 18.8. The van der Waals surface area contributed by atoms with E-state index in [4.69, 9.17) is 4.74 Å². The average Bonchev–Trinajstić information content (AvgIpc) is 3.23. The van der Waals surface area contributed by atoms with Crippen LogP contribution in [0.1, 0.15) is 29.9 Å². The topological polar surface area (TPSA) is 42.4 Å². The van der Waals surface area contributed by atoms with Crippen LogP contribution < -0.4 is 4.74 Å². The summed E-state index contributed by atoms with van der Waals surface area (Å²) in [6.45, 7) is 1.29. The molecule has 2 aromatic rings. The van der Waals surface area contributed by atoms with Gasteiger partial charge in [-0.2, -0.15) is 0 Å². The minimum Gasteiger partial charge on any atom is -0.489 e. The Balaban J connectivity index is 1.40. The van der Waals surface area contributed by atoms with E-state index >= 15 is 0 Å². The Bertz CT molecular complexity index is 747. The summed E-state index contributed by atoms with van der Waals surface area (Å²) in [5.41, 5.74) is 2.31. The van der Waals surface area contributed by atoms with E-state index in [9.17, 15) is 9.18 Å². The van der Waals surface area contributed by atoms with Gasteiger partial charge in [0.2, 0.25) is 5.91 Å². The maximum atomic E-state index is 12.9. The number of hydrogen-bond acceptors (Lipinski definition) is 3. The number of carbonyl (C=O) groups is 1. The van der Waals surface area contributed by atoms with Crippen LogP contribution in [0.25, 0.3) is 0 Å². The number of amides is 1. The molecule has 0 bridgehead atoms. The van der Waals surface area contributed by atoms with E-state index in [1.54, 1.807) is 18.3 Å². The highest BCUT2D eigenvalue weighted by Crippen LogP contribution is 2.34. The average molecular weight is 326 g/mol. The molecule has 0 saturated carbocycles. The third-order valence-corrected chi connectivity index (χ3v) is 4.90. The number of carbonyl (C=O) groups excluding carboxylic acids is 1. The number of halogens is 1. The lowest BCUT2D eigenvalue weighted by atomic mass is 10.0. The number of hydrogen-bond donors (Lipinski definition) is 0. The second-order valence-corrected chi connectivity index (χ2v) is 6.43. The smallest absolute Gasteiger partial charge is 0.230 e. The number of benzene rings is 1. The summed E-state index contributed by atoms with van der Waals surface area (Å²) in [6.07, 6.45) is 6.18. The molecule has 124 valence electrons. The van der Waals surface area contributed by atoms with E-state index in [1.807, 2.05) is 17.2 Å². The van der Waals surface area contributed by atoms with Crippen molar-refractivity contribution in [3.8, 4) is 5.75 Å². The van der Waals surface area contributed by atoms with Crippen molar-refractivity contribution < 1.29 is 13.9 Å². The molecule has 1 aromatic heterocycles. The molecule has 1 aliphatic heterocycles. The van der Waals surface area contributed by atoms with Crippen LogP contribution in [0.3, 0.4) is 0 Å². The van der Waals surface area contributed by atoms with Crippen molar-refractivity contribution in [1.82, 2.24) is 9.88 Å². The third kappa shape index (κ3) is 2.86. The highest BCUT2D eigenvalue weighted by Gasteiger charge is 2.35. The Morgan fingerprint density at radius 2 is 2.04 bits per heavy atom. The van der Waals surface area contributed by atoms with E-state index in [1.165, 1.54) is 17.7 Å². The van der Waals surface area contributed by atoms with Gasteiger partial charge < -0.3 is 9.64 Å². The van der Waals surface area contributed by atoms with Gasteiger partial charge in [0.1, 0.15) is 17.7 Å². The van der Waals surface area contributed by atoms with Crippen LogP contribution >= 0.6 is 0 Å². The van der Waals surface area contributed by atoms with E-state index in [0.717, 1.165) is 24.8 Å². The molecule has 0 N–H and O–H groups in total. The lowest BCUT2D eigenvalue weighted by Crippen LogP contribution is -2.34. The van der Waals surface area contributed by atoms with Gasteiger partial charge in [-0.25, -0.2) is 4.39 Å². The number of aryl methyl sites for hydroxylation is 1. The number of ether oxygens (including phenoxy) is 1. The molecular formula is C19H19FN2O2. The Morgan fingerprint density at radius 3 is 2.88 bits per heavy atom. The van der Waals surface area contributed by atoms with Crippen LogP contribution in [0.5, 0.6) is 5.75 Å². The monoisotopic (exact) mass is 326 g/mol.